The van der Waals surface area contributed by atoms with Crippen LogP contribution >= 0.6 is 0 Å². The van der Waals surface area contributed by atoms with Gasteiger partial charge in [0.25, 0.3) is 5.91 Å². The number of hydrogen-bond donors (Lipinski definition) is 1. The van der Waals surface area contributed by atoms with Crippen molar-refractivity contribution in [2.24, 2.45) is 0 Å². The van der Waals surface area contributed by atoms with Crippen molar-refractivity contribution in [3.8, 4) is 11.5 Å². The molecule has 10 heteroatoms. The number of amides is 1. The van der Waals surface area contributed by atoms with Crippen LogP contribution in [0.3, 0.4) is 0 Å². The first kappa shape index (κ1) is 19.3. The van der Waals surface area contributed by atoms with Crippen molar-refractivity contribution in [3.63, 3.8) is 0 Å². The molecule has 29 heavy (non-hydrogen) atoms. The Labute approximate surface area is 166 Å². The molecule has 1 atom stereocenters. The molecule has 1 N–H and O–H groups in total. The summed E-state index contributed by atoms with van der Waals surface area (Å²) in [5.41, 5.74) is 0.116. The molecule has 1 aliphatic heterocycles. The van der Waals surface area contributed by atoms with Gasteiger partial charge < -0.3 is 13.8 Å². The number of rotatable bonds is 5. The van der Waals surface area contributed by atoms with Gasteiger partial charge >= 0.3 is 0 Å². The molecule has 1 aromatic carbocycles. The molecule has 0 bridgehead atoms. The number of furan rings is 1. The molecule has 152 valence electrons. The number of nitrogens with one attached hydrogen (secondary N) is 1. The summed E-state index contributed by atoms with van der Waals surface area (Å²) in [5.74, 6) is -0.206. The molecule has 1 amide bonds. The van der Waals surface area contributed by atoms with E-state index in [4.69, 9.17) is 8.94 Å². The second-order valence-electron chi connectivity index (χ2n) is 6.72. The smallest absolute Gasteiger partial charge is 0.276 e. The minimum absolute atomic E-state index is 0.116. The van der Waals surface area contributed by atoms with Gasteiger partial charge in [0.1, 0.15) is 5.82 Å². The summed E-state index contributed by atoms with van der Waals surface area (Å²) in [6.45, 7) is 0.649. The molecular weight excluding hydrogens is 401 g/mol. The Morgan fingerprint density at radius 2 is 2.07 bits per heavy atom. The SMILES string of the molecule is O=C(c1cc(-c2ccco2)on1)N1CCCC(NS(=O)(=O)c2cccc(F)c2)C1. The minimum Gasteiger partial charge on any atom is -0.461 e. The number of benzene rings is 1. The van der Waals surface area contributed by atoms with Gasteiger partial charge in [-0.1, -0.05) is 11.2 Å². The molecule has 4 rings (SSSR count). The lowest BCUT2D eigenvalue weighted by molar-refractivity contribution is 0.0692. The number of carbonyl (C=O) groups excluding carboxylic acids is 1. The van der Waals surface area contributed by atoms with Crippen LogP contribution in [-0.4, -0.2) is 43.5 Å². The van der Waals surface area contributed by atoms with Crippen molar-refractivity contribution in [2.75, 3.05) is 13.1 Å². The van der Waals surface area contributed by atoms with Gasteiger partial charge in [-0.25, -0.2) is 17.5 Å². The third-order valence-electron chi connectivity index (χ3n) is 4.63. The van der Waals surface area contributed by atoms with E-state index in [1.807, 2.05) is 0 Å². The van der Waals surface area contributed by atoms with Crippen LogP contribution in [0.4, 0.5) is 4.39 Å². The van der Waals surface area contributed by atoms with Gasteiger partial charge in [0.2, 0.25) is 15.8 Å². The van der Waals surface area contributed by atoms with Crippen LogP contribution in [-0.2, 0) is 10.0 Å². The molecule has 1 saturated heterocycles. The zero-order chi connectivity index (χ0) is 20.4. The van der Waals surface area contributed by atoms with Gasteiger partial charge in [-0.05, 0) is 43.2 Å². The molecule has 1 unspecified atom stereocenters. The van der Waals surface area contributed by atoms with Crippen LogP contribution < -0.4 is 4.72 Å². The fraction of sp³-hybridized carbons (Fsp3) is 0.263. The van der Waals surface area contributed by atoms with E-state index in [1.54, 1.807) is 12.1 Å². The van der Waals surface area contributed by atoms with Crippen molar-refractivity contribution >= 4 is 15.9 Å². The summed E-state index contributed by atoms with van der Waals surface area (Å²) in [4.78, 5) is 14.1. The zero-order valence-corrected chi connectivity index (χ0v) is 16.1. The van der Waals surface area contributed by atoms with E-state index in [2.05, 4.69) is 9.88 Å². The topological polar surface area (TPSA) is 106 Å². The molecule has 1 aliphatic rings. The lowest BCUT2D eigenvalue weighted by atomic mass is 10.1. The second-order valence-corrected chi connectivity index (χ2v) is 8.44. The molecule has 2 aromatic heterocycles. The van der Waals surface area contributed by atoms with Crippen LogP contribution in [0.25, 0.3) is 11.5 Å². The average Bonchev–Trinajstić information content (AvgIpc) is 3.39. The van der Waals surface area contributed by atoms with Crippen LogP contribution in [0.1, 0.15) is 23.3 Å². The molecule has 3 heterocycles. The fourth-order valence-corrected chi connectivity index (χ4v) is 4.55. The highest BCUT2D eigenvalue weighted by atomic mass is 32.2. The first-order valence-electron chi connectivity index (χ1n) is 9.00. The Morgan fingerprint density at radius 3 is 2.83 bits per heavy atom. The van der Waals surface area contributed by atoms with E-state index >= 15 is 0 Å². The Morgan fingerprint density at radius 1 is 1.21 bits per heavy atom. The van der Waals surface area contributed by atoms with Crippen LogP contribution in [0, 0.1) is 5.82 Å². The quantitative estimate of drug-likeness (QED) is 0.682. The number of likely N-dealkylation sites (tertiary alicyclic amines) is 1. The number of carbonyl (C=O) groups is 1. The molecule has 8 nitrogen and oxygen atoms in total. The third kappa shape index (κ3) is 4.22. The van der Waals surface area contributed by atoms with Crippen LogP contribution in [0.5, 0.6) is 0 Å². The minimum atomic E-state index is -3.90. The van der Waals surface area contributed by atoms with E-state index < -0.39 is 21.9 Å². The van der Waals surface area contributed by atoms with E-state index in [0.717, 1.165) is 6.07 Å². The van der Waals surface area contributed by atoms with Gasteiger partial charge in [0, 0.05) is 25.2 Å². The maximum atomic E-state index is 13.4. The fourth-order valence-electron chi connectivity index (χ4n) is 3.25. The van der Waals surface area contributed by atoms with Crippen LogP contribution in [0.2, 0.25) is 0 Å². The van der Waals surface area contributed by atoms with E-state index in [1.165, 1.54) is 35.4 Å². The van der Waals surface area contributed by atoms with E-state index in [0.29, 0.717) is 30.9 Å². The van der Waals surface area contributed by atoms with Crippen molar-refractivity contribution < 1.29 is 26.5 Å². The lowest BCUT2D eigenvalue weighted by Gasteiger charge is -2.32. The second kappa shape index (κ2) is 7.80. The standard InChI is InChI=1S/C19H18FN3O5S/c20-13-4-1-6-15(10-13)29(25,26)22-14-5-2-8-23(12-14)19(24)16-11-18(28-21-16)17-7-3-9-27-17/h1,3-4,6-7,9-11,14,22H,2,5,8,12H2. The first-order chi connectivity index (χ1) is 13.9. The highest BCUT2D eigenvalue weighted by Crippen LogP contribution is 2.22. The number of nitrogens with zero attached hydrogens (tertiary/aromatic N) is 2. The van der Waals surface area contributed by atoms with E-state index in [-0.39, 0.29) is 23.0 Å². The maximum absolute atomic E-state index is 13.4. The van der Waals surface area contributed by atoms with Crippen molar-refractivity contribution in [1.29, 1.82) is 0 Å². The van der Waals surface area contributed by atoms with Crippen molar-refractivity contribution in [2.45, 2.75) is 23.8 Å². The summed E-state index contributed by atoms with van der Waals surface area (Å²) in [6, 6.07) is 9.17. The summed E-state index contributed by atoms with van der Waals surface area (Å²) in [7, 11) is -3.90. The molecule has 0 spiro atoms. The average molecular weight is 419 g/mol. The van der Waals surface area contributed by atoms with Crippen molar-refractivity contribution in [3.05, 3.63) is 60.2 Å². The van der Waals surface area contributed by atoms with Gasteiger partial charge in [0.05, 0.1) is 11.2 Å². The Kier molecular flexibility index (Phi) is 5.20. The van der Waals surface area contributed by atoms with Gasteiger partial charge in [-0.15, -0.1) is 0 Å². The summed E-state index contributed by atoms with van der Waals surface area (Å²) >= 11 is 0. The predicted octanol–water partition coefficient (Wildman–Crippen LogP) is 2.66. The molecular formula is C19H18FN3O5S. The van der Waals surface area contributed by atoms with Gasteiger partial charge in [-0.2, -0.15) is 0 Å². The number of piperidine rings is 1. The lowest BCUT2D eigenvalue weighted by Crippen LogP contribution is -2.49. The maximum Gasteiger partial charge on any atom is 0.276 e. The van der Waals surface area contributed by atoms with Crippen LogP contribution in [0.15, 0.2) is 62.6 Å². The molecule has 0 saturated carbocycles. The number of sulfonamides is 1. The Hall–Kier alpha value is -2.98. The van der Waals surface area contributed by atoms with Crippen molar-refractivity contribution in [1.82, 2.24) is 14.8 Å². The first-order valence-corrected chi connectivity index (χ1v) is 10.5. The monoisotopic (exact) mass is 419 g/mol. The predicted molar refractivity (Wildman–Crippen MR) is 99.9 cm³/mol. The number of hydrogen-bond acceptors (Lipinski definition) is 6. The normalized spacial score (nSPS) is 17.4. The zero-order valence-electron chi connectivity index (χ0n) is 15.2. The number of aromatic nitrogens is 1. The molecule has 0 radical (unpaired) electrons. The van der Waals surface area contributed by atoms with Gasteiger partial charge in [0.15, 0.2) is 11.5 Å². The largest absolute Gasteiger partial charge is 0.461 e. The summed E-state index contributed by atoms with van der Waals surface area (Å²) < 4.78 is 51.3. The summed E-state index contributed by atoms with van der Waals surface area (Å²) in [5, 5.41) is 3.80. The third-order valence-corrected chi connectivity index (χ3v) is 6.15. The van der Waals surface area contributed by atoms with Gasteiger partial charge in [-0.3, -0.25) is 4.79 Å². The Balaban J connectivity index is 1.45. The molecule has 3 aromatic rings. The van der Waals surface area contributed by atoms with E-state index in [9.17, 15) is 17.6 Å². The highest BCUT2D eigenvalue weighted by Gasteiger charge is 2.29. The Bertz CT molecular complexity index is 1110. The summed E-state index contributed by atoms with van der Waals surface area (Å²) in [6.07, 6.45) is 2.67. The molecule has 0 aliphatic carbocycles. The number of halogens is 1. The molecule has 1 fully saturated rings. The highest BCUT2D eigenvalue weighted by molar-refractivity contribution is 7.89.